The summed E-state index contributed by atoms with van der Waals surface area (Å²) in [5, 5.41) is 0.427. The number of fused-ring (bicyclic) bond motifs is 1. The van der Waals surface area contributed by atoms with Crippen LogP contribution in [0.15, 0.2) is 25.9 Å². The van der Waals surface area contributed by atoms with E-state index in [0.717, 1.165) is 4.47 Å². The molecule has 0 aliphatic carbocycles. The van der Waals surface area contributed by atoms with E-state index in [0.29, 0.717) is 21.2 Å². The van der Waals surface area contributed by atoms with Crippen LogP contribution in [0.4, 0.5) is 0 Å². The van der Waals surface area contributed by atoms with Crippen molar-refractivity contribution in [2.45, 2.75) is 13.5 Å². The number of halogens is 2. The Hall–Kier alpha value is -1.25. The smallest absolute Gasteiger partial charge is 0.261 e. The predicted octanol–water partition coefficient (Wildman–Crippen LogP) is 1.22. The molecule has 8 heteroatoms. The van der Waals surface area contributed by atoms with Gasteiger partial charge in [0.2, 0.25) is 0 Å². The molecule has 1 aromatic heterocycles. The van der Waals surface area contributed by atoms with Crippen LogP contribution in [0.5, 0.6) is 0 Å². The molecule has 0 aliphatic rings. The molecule has 0 fully saturated rings. The van der Waals surface area contributed by atoms with Crippen molar-refractivity contribution in [3.63, 3.8) is 0 Å². The minimum Gasteiger partial charge on any atom is -0.293 e. The van der Waals surface area contributed by atoms with Crippen molar-refractivity contribution in [1.82, 2.24) is 15.0 Å². The molecule has 1 aromatic carbocycles. The number of hydrogen-bond acceptors (Lipinski definition) is 4. The van der Waals surface area contributed by atoms with Gasteiger partial charge in [-0.3, -0.25) is 19.6 Å². The molecule has 6 nitrogen and oxygen atoms in total. The van der Waals surface area contributed by atoms with E-state index in [-0.39, 0.29) is 12.1 Å². The zero-order valence-corrected chi connectivity index (χ0v) is 13.1. The Balaban J connectivity index is 2.74. The van der Waals surface area contributed by atoms with Gasteiger partial charge in [-0.1, -0.05) is 15.9 Å². The van der Waals surface area contributed by atoms with Crippen molar-refractivity contribution in [1.29, 1.82) is 0 Å². The second-order valence-electron chi connectivity index (χ2n) is 3.90. The molecule has 1 amide bonds. The summed E-state index contributed by atoms with van der Waals surface area (Å²) >= 11 is 6.68. The molecule has 0 atom stereocenters. The number of nitrogens with zero attached hydrogens (tertiary/aromatic N) is 2. The van der Waals surface area contributed by atoms with Crippen LogP contribution in [-0.2, 0) is 11.3 Å². The lowest BCUT2D eigenvalue weighted by molar-refractivity contribution is -0.121. The summed E-state index contributed by atoms with van der Waals surface area (Å²) in [6, 6.07) is 3.48. The van der Waals surface area contributed by atoms with E-state index in [9.17, 15) is 9.59 Å². The number of rotatable bonds is 2. The third-order valence-corrected chi connectivity index (χ3v) is 3.69. The highest BCUT2D eigenvalue weighted by atomic mass is 79.9. The maximum absolute atomic E-state index is 12.4. The van der Waals surface area contributed by atoms with E-state index in [2.05, 4.69) is 36.8 Å². The Bertz CT molecular complexity index is 727. The molecule has 0 saturated heterocycles. The van der Waals surface area contributed by atoms with Gasteiger partial charge in [0.05, 0.1) is 10.9 Å². The van der Waals surface area contributed by atoms with Gasteiger partial charge in [0.15, 0.2) is 0 Å². The fraction of sp³-hybridized carbons (Fsp3) is 0.182. The Morgan fingerprint density at radius 2 is 2.16 bits per heavy atom. The molecule has 0 unspecified atom stereocenters. The van der Waals surface area contributed by atoms with Crippen LogP contribution in [0.25, 0.3) is 10.9 Å². The van der Waals surface area contributed by atoms with Gasteiger partial charge >= 0.3 is 0 Å². The number of nitrogens with one attached hydrogen (secondary N) is 1. The molecule has 0 saturated carbocycles. The average Bonchev–Trinajstić information content (AvgIpc) is 2.36. The van der Waals surface area contributed by atoms with E-state index in [1.54, 1.807) is 13.0 Å². The first-order valence-corrected chi connectivity index (χ1v) is 6.88. The zero-order chi connectivity index (χ0) is 14.2. The van der Waals surface area contributed by atoms with Crippen molar-refractivity contribution in [3.05, 3.63) is 37.3 Å². The van der Waals surface area contributed by atoms with Crippen LogP contribution in [-0.4, -0.2) is 15.5 Å². The lowest BCUT2D eigenvalue weighted by atomic mass is 10.2. The van der Waals surface area contributed by atoms with Crippen LogP contribution < -0.4 is 16.8 Å². The molecule has 2 aromatic rings. The first-order chi connectivity index (χ1) is 8.93. The van der Waals surface area contributed by atoms with Crippen molar-refractivity contribution in [2.24, 2.45) is 5.84 Å². The minimum absolute atomic E-state index is 0.158. The van der Waals surface area contributed by atoms with Gasteiger partial charge in [0.1, 0.15) is 12.4 Å². The fourth-order valence-corrected chi connectivity index (χ4v) is 3.05. The van der Waals surface area contributed by atoms with Crippen LogP contribution in [0.3, 0.4) is 0 Å². The second-order valence-corrected chi connectivity index (χ2v) is 5.67. The number of carbonyl (C=O) groups is 1. The van der Waals surface area contributed by atoms with Gasteiger partial charge in [-0.2, -0.15) is 0 Å². The van der Waals surface area contributed by atoms with Gasteiger partial charge in [-0.15, -0.1) is 0 Å². The summed E-state index contributed by atoms with van der Waals surface area (Å²) in [5.41, 5.74) is 2.27. The van der Waals surface area contributed by atoms with Crippen molar-refractivity contribution < 1.29 is 4.79 Å². The Morgan fingerprint density at radius 1 is 1.47 bits per heavy atom. The number of amides is 1. The summed E-state index contributed by atoms with van der Waals surface area (Å²) in [7, 11) is 0. The summed E-state index contributed by atoms with van der Waals surface area (Å²) in [5.74, 6) is 5.02. The third-order valence-electron chi connectivity index (χ3n) is 2.63. The number of aromatic nitrogens is 2. The fourth-order valence-electron chi connectivity index (χ4n) is 1.73. The van der Waals surface area contributed by atoms with E-state index in [1.165, 1.54) is 4.57 Å². The molecular formula is C11H10Br2N4O2. The molecule has 1 heterocycles. The first kappa shape index (κ1) is 14.2. The largest absolute Gasteiger partial charge is 0.293 e. The molecule has 0 bridgehead atoms. The average molecular weight is 390 g/mol. The standard InChI is InChI=1S/C11H10Br2N4O2/c1-5-15-10-7(2-6(12)3-8(10)13)11(19)17(5)4-9(18)16-14/h2-3H,4,14H2,1H3,(H,16,18). The van der Waals surface area contributed by atoms with E-state index >= 15 is 0 Å². The zero-order valence-electron chi connectivity index (χ0n) is 9.91. The monoisotopic (exact) mass is 388 g/mol. The Kier molecular flexibility index (Phi) is 4.02. The maximum atomic E-state index is 12.4. The summed E-state index contributed by atoms with van der Waals surface area (Å²) < 4.78 is 2.75. The molecule has 3 N–H and O–H groups in total. The van der Waals surface area contributed by atoms with Crippen LogP contribution >= 0.6 is 31.9 Å². The van der Waals surface area contributed by atoms with Gasteiger partial charge in [-0.05, 0) is 35.0 Å². The third kappa shape index (κ3) is 2.70. The molecule has 0 aliphatic heterocycles. The minimum atomic E-state index is -0.458. The van der Waals surface area contributed by atoms with Crippen molar-refractivity contribution in [2.75, 3.05) is 0 Å². The normalized spacial score (nSPS) is 10.7. The summed E-state index contributed by atoms with van der Waals surface area (Å²) in [6.07, 6.45) is 0. The maximum Gasteiger partial charge on any atom is 0.261 e. The lowest BCUT2D eigenvalue weighted by Crippen LogP contribution is -2.37. The highest BCUT2D eigenvalue weighted by Crippen LogP contribution is 2.25. The first-order valence-electron chi connectivity index (χ1n) is 5.29. The number of aryl methyl sites for hydroxylation is 1. The molecule has 2 rings (SSSR count). The second kappa shape index (κ2) is 5.40. The summed E-state index contributed by atoms with van der Waals surface area (Å²) in [4.78, 5) is 28.0. The van der Waals surface area contributed by atoms with Crippen LogP contribution in [0, 0.1) is 6.92 Å². The molecular weight excluding hydrogens is 380 g/mol. The SMILES string of the molecule is Cc1nc2c(Br)cc(Br)cc2c(=O)n1CC(=O)NN. The number of hydrazine groups is 1. The summed E-state index contributed by atoms with van der Waals surface area (Å²) in [6.45, 7) is 1.51. The topological polar surface area (TPSA) is 90.0 Å². The van der Waals surface area contributed by atoms with E-state index < -0.39 is 5.91 Å². The molecule has 0 radical (unpaired) electrons. The molecule has 0 spiro atoms. The number of nitrogens with two attached hydrogens (primary N) is 1. The van der Waals surface area contributed by atoms with Gasteiger partial charge in [-0.25, -0.2) is 10.8 Å². The van der Waals surface area contributed by atoms with Crippen molar-refractivity contribution >= 4 is 48.7 Å². The number of hydrogen-bond donors (Lipinski definition) is 2. The number of benzene rings is 1. The van der Waals surface area contributed by atoms with Gasteiger partial charge in [0, 0.05) is 8.95 Å². The van der Waals surface area contributed by atoms with E-state index in [4.69, 9.17) is 5.84 Å². The Labute approximate surface area is 125 Å². The highest BCUT2D eigenvalue weighted by Gasteiger charge is 2.13. The van der Waals surface area contributed by atoms with Crippen LogP contribution in [0.2, 0.25) is 0 Å². The quantitative estimate of drug-likeness (QED) is 0.459. The van der Waals surface area contributed by atoms with Crippen molar-refractivity contribution in [3.8, 4) is 0 Å². The van der Waals surface area contributed by atoms with Gasteiger partial charge in [0.25, 0.3) is 11.5 Å². The lowest BCUT2D eigenvalue weighted by Gasteiger charge is -2.10. The predicted molar refractivity (Wildman–Crippen MR) is 78.5 cm³/mol. The molecule has 19 heavy (non-hydrogen) atoms. The highest BCUT2D eigenvalue weighted by molar-refractivity contribution is 9.11. The Morgan fingerprint density at radius 3 is 2.79 bits per heavy atom. The van der Waals surface area contributed by atoms with E-state index in [1.807, 2.05) is 11.5 Å². The number of carbonyl (C=O) groups excluding carboxylic acids is 1. The van der Waals surface area contributed by atoms with Crippen LogP contribution in [0.1, 0.15) is 5.82 Å². The van der Waals surface area contributed by atoms with Gasteiger partial charge < -0.3 is 0 Å². The molecule has 100 valence electrons.